The molecule has 1 aromatic carbocycles. The molecule has 0 aliphatic carbocycles. The molecule has 0 saturated heterocycles. The topological polar surface area (TPSA) is 121 Å². The molecule has 31 heavy (non-hydrogen) atoms. The van der Waals surface area contributed by atoms with Crippen molar-refractivity contribution in [3.8, 4) is 6.07 Å². The average Bonchev–Trinajstić information content (AvgIpc) is 3.12. The van der Waals surface area contributed by atoms with E-state index in [1.807, 2.05) is 19.9 Å². The van der Waals surface area contributed by atoms with Crippen LogP contribution in [0.2, 0.25) is 0 Å². The highest BCUT2D eigenvalue weighted by Gasteiger charge is 2.19. The predicted molar refractivity (Wildman–Crippen MR) is 119 cm³/mol. The van der Waals surface area contributed by atoms with Crippen molar-refractivity contribution in [3.05, 3.63) is 30.1 Å². The summed E-state index contributed by atoms with van der Waals surface area (Å²) in [6.45, 7) is 5.27. The number of thioether (sulfide) groups is 2. The van der Waals surface area contributed by atoms with Gasteiger partial charge in [0.15, 0.2) is 0 Å². The van der Waals surface area contributed by atoms with Gasteiger partial charge < -0.3 is 15.6 Å². The van der Waals surface area contributed by atoms with Crippen LogP contribution in [0.5, 0.6) is 0 Å². The van der Waals surface area contributed by atoms with Gasteiger partial charge in [-0.1, -0.05) is 23.5 Å². The van der Waals surface area contributed by atoms with E-state index in [4.69, 9.17) is 11.1 Å². The Morgan fingerprint density at radius 3 is 2.16 bits per heavy atom. The normalized spacial score (nSPS) is 10.5. The molecule has 0 aliphatic rings. The van der Waals surface area contributed by atoms with E-state index < -0.39 is 5.82 Å². The SMILES string of the molecule is CCN(CC)C(=O)CSc1nnc(SCC(=O)N(CCC#N)c2ccc(F)cc2)n1N. The molecule has 12 heteroatoms. The fraction of sp³-hybridized carbons (Fsp3) is 0.421. The fourth-order valence-corrected chi connectivity index (χ4v) is 4.19. The van der Waals surface area contributed by atoms with Crippen molar-refractivity contribution < 1.29 is 14.0 Å². The fourth-order valence-electron chi connectivity index (χ4n) is 2.64. The maximum atomic E-state index is 13.2. The summed E-state index contributed by atoms with van der Waals surface area (Å²) in [6.07, 6.45) is 0.141. The predicted octanol–water partition coefficient (Wildman–Crippen LogP) is 2.13. The van der Waals surface area contributed by atoms with E-state index in [1.165, 1.54) is 45.6 Å². The van der Waals surface area contributed by atoms with Crippen molar-refractivity contribution in [2.45, 2.75) is 30.6 Å². The van der Waals surface area contributed by atoms with Crippen molar-refractivity contribution in [1.29, 1.82) is 5.26 Å². The first-order chi connectivity index (χ1) is 14.9. The number of nitrogens with zero attached hydrogens (tertiary/aromatic N) is 6. The Morgan fingerprint density at radius 1 is 1.10 bits per heavy atom. The Kier molecular flexibility index (Phi) is 9.61. The Balaban J connectivity index is 1.99. The lowest BCUT2D eigenvalue weighted by atomic mass is 10.2. The number of hydrogen-bond donors (Lipinski definition) is 1. The number of benzene rings is 1. The van der Waals surface area contributed by atoms with E-state index >= 15 is 0 Å². The molecule has 0 radical (unpaired) electrons. The van der Waals surface area contributed by atoms with Gasteiger partial charge >= 0.3 is 0 Å². The van der Waals surface area contributed by atoms with Crippen molar-refractivity contribution in [3.63, 3.8) is 0 Å². The molecule has 0 fully saturated rings. The monoisotopic (exact) mass is 465 g/mol. The Morgan fingerprint density at radius 2 is 1.65 bits per heavy atom. The average molecular weight is 466 g/mol. The number of halogens is 1. The molecule has 2 amide bonds. The van der Waals surface area contributed by atoms with Crippen LogP contribution < -0.4 is 10.7 Å². The van der Waals surface area contributed by atoms with E-state index in [0.29, 0.717) is 29.1 Å². The second kappa shape index (κ2) is 12.2. The molecular formula is C19H24FN7O2S2. The number of nitriles is 1. The molecule has 1 aromatic heterocycles. The summed E-state index contributed by atoms with van der Waals surface area (Å²) >= 11 is 2.27. The molecule has 0 aliphatic heterocycles. The molecule has 9 nitrogen and oxygen atoms in total. The zero-order valence-electron chi connectivity index (χ0n) is 17.3. The first-order valence-corrected chi connectivity index (χ1v) is 11.5. The third kappa shape index (κ3) is 6.86. The quantitative estimate of drug-likeness (QED) is 0.396. The Hall–Kier alpha value is -2.78. The number of carbonyl (C=O) groups excluding carboxylic acids is 2. The first kappa shape index (κ1) is 24.5. The number of amides is 2. The van der Waals surface area contributed by atoms with E-state index in [9.17, 15) is 14.0 Å². The zero-order valence-corrected chi connectivity index (χ0v) is 19.0. The van der Waals surface area contributed by atoms with Crippen molar-refractivity contribution in [2.24, 2.45) is 0 Å². The van der Waals surface area contributed by atoms with Gasteiger partial charge in [-0.25, -0.2) is 9.07 Å². The molecule has 2 rings (SSSR count). The summed E-state index contributed by atoms with van der Waals surface area (Å²) < 4.78 is 14.4. The van der Waals surface area contributed by atoms with Crippen molar-refractivity contribution in [2.75, 3.05) is 41.9 Å². The number of nitrogen functional groups attached to an aromatic ring is 1. The van der Waals surface area contributed by atoms with Crippen LogP contribution in [0.1, 0.15) is 20.3 Å². The summed E-state index contributed by atoms with van der Waals surface area (Å²) in [5, 5.41) is 17.5. The summed E-state index contributed by atoms with van der Waals surface area (Å²) in [4.78, 5) is 28.0. The minimum atomic E-state index is -0.411. The van der Waals surface area contributed by atoms with Gasteiger partial charge in [-0.05, 0) is 38.1 Å². The second-order valence-corrected chi connectivity index (χ2v) is 8.09. The summed E-state index contributed by atoms with van der Waals surface area (Å²) in [5.41, 5.74) is 0.502. The second-order valence-electron chi connectivity index (χ2n) is 6.21. The van der Waals surface area contributed by atoms with Gasteiger partial charge in [-0.2, -0.15) is 5.26 Å². The summed E-state index contributed by atoms with van der Waals surface area (Å²) in [6, 6.07) is 7.50. The number of hydrogen-bond acceptors (Lipinski definition) is 8. The zero-order chi connectivity index (χ0) is 22.8. The molecule has 0 bridgehead atoms. The van der Waals surface area contributed by atoms with Crippen LogP contribution in [-0.4, -0.2) is 62.7 Å². The van der Waals surface area contributed by atoms with Crippen LogP contribution in [0.4, 0.5) is 10.1 Å². The largest absolute Gasteiger partial charge is 0.343 e. The van der Waals surface area contributed by atoms with Gasteiger partial charge in [-0.15, -0.1) is 10.2 Å². The van der Waals surface area contributed by atoms with E-state index in [2.05, 4.69) is 10.2 Å². The van der Waals surface area contributed by atoms with Gasteiger partial charge in [0.05, 0.1) is 24.0 Å². The minimum Gasteiger partial charge on any atom is -0.343 e. The van der Waals surface area contributed by atoms with Crippen LogP contribution in [0.25, 0.3) is 0 Å². The number of aromatic nitrogens is 3. The maximum Gasteiger partial charge on any atom is 0.237 e. The van der Waals surface area contributed by atoms with Crippen LogP contribution in [0.3, 0.4) is 0 Å². The molecule has 0 saturated carbocycles. The molecule has 166 valence electrons. The molecule has 2 aromatic rings. The van der Waals surface area contributed by atoms with Crippen LogP contribution >= 0.6 is 23.5 Å². The van der Waals surface area contributed by atoms with Crippen LogP contribution in [0, 0.1) is 17.1 Å². The third-order valence-electron chi connectivity index (χ3n) is 4.29. The van der Waals surface area contributed by atoms with Gasteiger partial charge in [0.2, 0.25) is 22.1 Å². The smallest absolute Gasteiger partial charge is 0.237 e. The third-order valence-corrected chi connectivity index (χ3v) is 6.14. The van der Waals surface area contributed by atoms with E-state index in [0.717, 1.165) is 11.8 Å². The Labute approximate surface area is 188 Å². The van der Waals surface area contributed by atoms with Gasteiger partial charge in [-0.3, -0.25) is 9.59 Å². The molecular weight excluding hydrogens is 441 g/mol. The van der Waals surface area contributed by atoms with Gasteiger partial charge in [0, 0.05) is 25.3 Å². The molecule has 1 heterocycles. The standard InChI is InChI=1S/C19H24FN7O2S2/c1-3-25(4-2)16(28)12-30-18-23-24-19(27(18)22)31-13-17(29)26(11-5-10-21)15-8-6-14(20)7-9-15/h6-9H,3-5,11-13,22H2,1-2H3. The number of rotatable bonds is 11. The lowest BCUT2D eigenvalue weighted by Gasteiger charge is -2.21. The highest BCUT2D eigenvalue weighted by molar-refractivity contribution is 8.00. The highest BCUT2D eigenvalue weighted by Crippen LogP contribution is 2.23. The van der Waals surface area contributed by atoms with Gasteiger partial charge in [0.25, 0.3) is 0 Å². The maximum absolute atomic E-state index is 13.2. The number of nitrogens with two attached hydrogens (primary N) is 1. The molecule has 0 spiro atoms. The number of anilines is 1. The van der Waals surface area contributed by atoms with E-state index in [-0.39, 0.29) is 36.3 Å². The highest BCUT2D eigenvalue weighted by atomic mass is 32.2. The van der Waals surface area contributed by atoms with Gasteiger partial charge in [0.1, 0.15) is 5.82 Å². The lowest BCUT2D eigenvalue weighted by molar-refractivity contribution is -0.128. The summed E-state index contributed by atoms with van der Waals surface area (Å²) in [5.74, 6) is 5.50. The minimum absolute atomic E-state index is 0.00117. The molecule has 0 unspecified atom stereocenters. The number of carbonyl (C=O) groups is 2. The Bertz CT molecular complexity index is 926. The van der Waals surface area contributed by atoms with Crippen molar-refractivity contribution in [1.82, 2.24) is 19.8 Å². The van der Waals surface area contributed by atoms with Crippen LogP contribution in [-0.2, 0) is 9.59 Å². The van der Waals surface area contributed by atoms with Crippen LogP contribution in [0.15, 0.2) is 34.6 Å². The van der Waals surface area contributed by atoms with E-state index in [1.54, 1.807) is 4.90 Å². The van der Waals surface area contributed by atoms with Crippen molar-refractivity contribution >= 4 is 41.0 Å². The molecule has 0 atom stereocenters. The first-order valence-electron chi connectivity index (χ1n) is 9.57. The summed E-state index contributed by atoms with van der Waals surface area (Å²) in [7, 11) is 0. The lowest BCUT2D eigenvalue weighted by Crippen LogP contribution is -2.33. The molecule has 2 N–H and O–H groups in total.